The second kappa shape index (κ2) is 12.1. The standard InChI is InChI=1S/C28H36Cl2N2/c1-22(2)32(19-16-23-10-5-3-6-11-23)18-9-17-28(21-31,24-12-7-4-8-13-24)25-14-15-26(29)27(30)20-25/h3,5-6,10-11,14-15,20,22,24H,4,7-9,12-13,16-19H2,1-2H3. The molecule has 1 aliphatic rings. The highest BCUT2D eigenvalue weighted by atomic mass is 35.5. The summed E-state index contributed by atoms with van der Waals surface area (Å²) in [6, 6.07) is 19.8. The molecule has 2 aromatic rings. The normalized spacial score (nSPS) is 16.8. The topological polar surface area (TPSA) is 27.0 Å². The van der Waals surface area contributed by atoms with E-state index in [1.54, 1.807) is 0 Å². The molecule has 0 radical (unpaired) electrons. The van der Waals surface area contributed by atoms with Crippen LogP contribution in [0.15, 0.2) is 48.5 Å². The van der Waals surface area contributed by atoms with Crippen molar-refractivity contribution in [1.82, 2.24) is 4.90 Å². The van der Waals surface area contributed by atoms with Crippen LogP contribution >= 0.6 is 23.2 Å². The molecule has 1 aliphatic carbocycles. The van der Waals surface area contributed by atoms with Crippen LogP contribution in [-0.2, 0) is 11.8 Å². The lowest BCUT2D eigenvalue weighted by molar-refractivity contribution is 0.194. The van der Waals surface area contributed by atoms with Gasteiger partial charge in [0.05, 0.1) is 21.5 Å². The molecule has 0 bridgehead atoms. The first-order valence-electron chi connectivity index (χ1n) is 12.1. The Balaban J connectivity index is 1.73. The van der Waals surface area contributed by atoms with E-state index in [0.717, 1.165) is 50.8 Å². The highest BCUT2D eigenvalue weighted by Gasteiger charge is 2.41. The maximum Gasteiger partial charge on any atom is 0.0851 e. The van der Waals surface area contributed by atoms with E-state index in [1.165, 1.54) is 24.8 Å². The molecular formula is C28H36Cl2N2. The average molecular weight is 472 g/mol. The van der Waals surface area contributed by atoms with Crippen molar-refractivity contribution in [1.29, 1.82) is 5.26 Å². The van der Waals surface area contributed by atoms with Gasteiger partial charge in [-0.2, -0.15) is 5.26 Å². The Labute approximate surface area is 204 Å². The van der Waals surface area contributed by atoms with Crippen molar-refractivity contribution >= 4 is 23.2 Å². The Hall–Kier alpha value is -1.53. The van der Waals surface area contributed by atoms with E-state index in [4.69, 9.17) is 23.2 Å². The number of nitriles is 1. The van der Waals surface area contributed by atoms with E-state index in [0.29, 0.717) is 22.0 Å². The molecule has 0 aromatic heterocycles. The third kappa shape index (κ3) is 6.28. The van der Waals surface area contributed by atoms with Gasteiger partial charge in [-0.3, -0.25) is 0 Å². The molecule has 0 saturated heterocycles. The van der Waals surface area contributed by atoms with E-state index >= 15 is 0 Å². The molecule has 3 rings (SSSR count). The summed E-state index contributed by atoms with van der Waals surface area (Å²) in [5.41, 5.74) is 1.93. The van der Waals surface area contributed by atoms with E-state index in [1.807, 2.05) is 18.2 Å². The first-order chi connectivity index (χ1) is 15.5. The van der Waals surface area contributed by atoms with Crippen molar-refractivity contribution in [2.24, 2.45) is 5.92 Å². The van der Waals surface area contributed by atoms with Gasteiger partial charge in [-0.15, -0.1) is 0 Å². The number of hydrogen-bond donors (Lipinski definition) is 0. The number of hydrogen-bond acceptors (Lipinski definition) is 2. The van der Waals surface area contributed by atoms with Crippen LogP contribution in [0.25, 0.3) is 0 Å². The summed E-state index contributed by atoms with van der Waals surface area (Å²) in [6.45, 7) is 6.57. The molecule has 2 aromatic carbocycles. The summed E-state index contributed by atoms with van der Waals surface area (Å²) in [4.78, 5) is 2.55. The summed E-state index contributed by atoms with van der Waals surface area (Å²) >= 11 is 12.6. The second-order valence-electron chi connectivity index (χ2n) is 9.52. The molecule has 0 spiro atoms. The number of benzene rings is 2. The van der Waals surface area contributed by atoms with E-state index in [-0.39, 0.29) is 0 Å². The highest BCUT2D eigenvalue weighted by molar-refractivity contribution is 6.42. The van der Waals surface area contributed by atoms with Gasteiger partial charge < -0.3 is 4.90 Å². The molecule has 0 amide bonds. The summed E-state index contributed by atoms with van der Waals surface area (Å²) < 4.78 is 0. The van der Waals surface area contributed by atoms with Gasteiger partial charge in [0.25, 0.3) is 0 Å². The number of halogens is 2. The van der Waals surface area contributed by atoms with Crippen LogP contribution in [0.2, 0.25) is 10.0 Å². The zero-order chi connectivity index (χ0) is 23.0. The van der Waals surface area contributed by atoms with Gasteiger partial charge in [-0.1, -0.05) is 78.9 Å². The molecule has 2 nitrogen and oxygen atoms in total. The summed E-state index contributed by atoms with van der Waals surface area (Å²) in [7, 11) is 0. The number of rotatable bonds is 10. The Morgan fingerprint density at radius 1 is 1.00 bits per heavy atom. The lowest BCUT2D eigenvalue weighted by atomic mass is 9.63. The van der Waals surface area contributed by atoms with Gasteiger partial charge in [-0.05, 0) is 81.7 Å². The van der Waals surface area contributed by atoms with Crippen molar-refractivity contribution in [3.05, 3.63) is 69.7 Å². The van der Waals surface area contributed by atoms with Crippen LogP contribution in [0.4, 0.5) is 0 Å². The molecular weight excluding hydrogens is 435 g/mol. The SMILES string of the molecule is CC(C)N(CCCC(C#N)(c1ccc(Cl)c(Cl)c1)C1CCCCC1)CCc1ccccc1. The fourth-order valence-electron chi connectivity index (χ4n) is 5.27. The summed E-state index contributed by atoms with van der Waals surface area (Å²) in [5.74, 6) is 0.385. The van der Waals surface area contributed by atoms with Crippen LogP contribution in [0.1, 0.15) is 69.9 Å². The molecule has 0 N–H and O–H groups in total. The third-order valence-electron chi connectivity index (χ3n) is 7.21. The molecule has 1 fully saturated rings. The Bertz CT molecular complexity index is 884. The molecule has 4 heteroatoms. The van der Waals surface area contributed by atoms with Gasteiger partial charge in [0.2, 0.25) is 0 Å². The van der Waals surface area contributed by atoms with E-state index < -0.39 is 5.41 Å². The lowest BCUT2D eigenvalue weighted by Gasteiger charge is -2.39. The Morgan fingerprint density at radius 2 is 1.72 bits per heavy atom. The van der Waals surface area contributed by atoms with Crippen molar-refractivity contribution in [3.8, 4) is 6.07 Å². The van der Waals surface area contributed by atoms with Gasteiger partial charge in [0.1, 0.15) is 0 Å². The van der Waals surface area contributed by atoms with Crippen molar-refractivity contribution in [2.45, 2.75) is 76.7 Å². The Morgan fingerprint density at radius 3 is 2.34 bits per heavy atom. The zero-order valence-corrected chi connectivity index (χ0v) is 21.0. The molecule has 1 atom stereocenters. The summed E-state index contributed by atoms with van der Waals surface area (Å²) in [5, 5.41) is 11.6. The first kappa shape index (κ1) is 25.1. The van der Waals surface area contributed by atoms with Crippen molar-refractivity contribution in [2.75, 3.05) is 13.1 Å². The van der Waals surface area contributed by atoms with Gasteiger partial charge >= 0.3 is 0 Å². The summed E-state index contributed by atoms with van der Waals surface area (Å²) in [6.07, 6.45) is 8.86. The van der Waals surface area contributed by atoms with Crippen LogP contribution in [0, 0.1) is 17.2 Å². The first-order valence-corrected chi connectivity index (χ1v) is 12.9. The maximum atomic E-state index is 10.5. The van der Waals surface area contributed by atoms with Gasteiger partial charge in [0.15, 0.2) is 0 Å². The predicted molar refractivity (Wildman–Crippen MR) is 136 cm³/mol. The number of nitrogens with zero attached hydrogens (tertiary/aromatic N) is 2. The van der Waals surface area contributed by atoms with Crippen molar-refractivity contribution < 1.29 is 0 Å². The van der Waals surface area contributed by atoms with Gasteiger partial charge in [-0.25, -0.2) is 0 Å². The van der Waals surface area contributed by atoms with E-state index in [2.05, 4.69) is 55.1 Å². The van der Waals surface area contributed by atoms with Crippen LogP contribution in [0.3, 0.4) is 0 Å². The Kier molecular flexibility index (Phi) is 9.47. The monoisotopic (exact) mass is 470 g/mol. The molecule has 32 heavy (non-hydrogen) atoms. The van der Waals surface area contributed by atoms with Crippen molar-refractivity contribution in [3.63, 3.8) is 0 Å². The average Bonchev–Trinajstić information content (AvgIpc) is 2.82. The molecule has 0 aliphatic heterocycles. The van der Waals surface area contributed by atoms with Gasteiger partial charge in [0, 0.05) is 12.6 Å². The second-order valence-corrected chi connectivity index (χ2v) is 10.3. The minimum absolute atomic E-state index is 0.385. The predicted octanol–water partition coefficient (Wildman–Crippen LogP) is 8.07. The quantitative estimate of drug-likeness (QED) is 0.350. The molecule has 1 saturated carbocycles. The van der Waals surface area contributed by atoms with E-state index in [9.17, 15) is 5.26 Å². The largest absolute Gasteiger partial charge is 0.301 e. The molecule has 0 heterocycles. The van der Waals surface area contributed by atoms with Crippen LogP contribution < -0.4 is 0 Å². The minimum atomic E-state index is -0.489. The minimum Gasteiger partial charge on any atom is -0.301 e. The molecule has 1 unspecified atom stereocenters. The molecule has 172 valence electrons. The zero-order valence-electron chi connectivity index (χ0n) is 19.5. The van der Waals surface area contributed by atoms with Crippen LogP contribution in [0.5, 0.6) is 0 Å². The smallest absolute Gasteiger partial charge is 0.0851 e. The fraction of sp³-hybridized carbons (Fsp3) is 0.536. The highest BCUT2D eigenvalue weighted by Crippen LogP contribution is 2.45. The lowest BCUT2D eigenvalue weighted by Crippen LogP contribution is -2.38. The third-order valence-corrected chi connectivity index (χ3v) is 7.95. The van der Waals surface area contributed by atoms with Crippen LogP contribution in [-0.4, -0.2) is 24.0 Å². The fourth-order valence-corrected chi connectivity index (χ4v) is 5.57. The maximum absolute atomic E-state index is 10.5.